The number of fused-ring (bicyclic) bond motifs is 2. The molecular formula is C40H26N2O. The van der Waals surface area contributed by atoms with Crippen molar-refractivity contribution >= 4 is 21.5 Å². The summed E-state index contributed by atoms with van der Waals surface area (Å²) in [4.78, 5) is 0. The third-order valence-corrected chi connectivity index (χ3v) is 8.08. The smallest absolute Gasteiger partial charge is 0.248 e. The van der Waals surface area contributed by atoms with Crippen molar-refractivity contribution in [3.8, 4) is 56.3 Å². The summed E-state index contributed by atoms with van der Waals surface area (Å²) in [6.45, 7) is 0. The molecule has 202 valence electrons. The molecule has 1 heterocycles. The standard InChI is InChI=1S/C40H26N2O/c1-3-13-27(14-4-1)31-17-7-8-18-32(31)38-35-21-11-9-19-33(35)37(34-20-10-12-22-36(34)38)28-23-25-30(26-24-28)40-42-41-39(43-40)29-15-5-2-6-16-29/h1-26H. The normalized spacial score (nSPS) is 11.3. The van der Waals surface area contributed by atoms with Gasteiger partial charge in [-0.15, -0.1) is 10.2 Å². The van der Waals surface area contributed by atoms with E-state index >= 15 is 0 Å². The van der Waals surface area contributed by atoms with Crippen LogP contribution in [-0.4, -0.2) is 10.2 Å². The molecule has 3 nitrogen and oxygen atoms in total. The van der Waals surface area contributed by atoms with E-state index in [1.54, 1.807) is 0 Å². The van der Waals surface area contributed by atoms with Crippen molar-refractivity contribution in [3.63, 3.8) is 0 Å². The number of benzene rings is 7. The van der Waals surface area contributed by atoms with Crippen LogP contribution in [0.25, 0.3) is 77.8 Å². The monoisotopic (exact) mass is 550 g/mol. The van der Waals surface area contributed by atoms with Crippen LogP contribution in [0.2, 0.25) is 0 Å². The zero-order valence-corrected chi connectivity index (χ0v) is 23.3. The van der Waals surface area contributed by atoms with Crippen molar-refractivity contribution < 1.29 is 4.42 Å². The van der Waals surface area contributed by atoms with Gasteiger partial charge in [-0.05, 0) is 79.2 Å². The van der Waals surface area contributed by atoms with Gasteiger partial charge >= 0.3 is 0 Å². The van der Waals surface area contributed by atoms with Crippen molar-refractivity contribution in [2.24, 2.45) is 0 Å². The molecule has 0 fully saturated rings. The van der Waals surface area contributed by atoms with E-state index in [0.29, 0.717) is 11.8 Å². The Bertz CT molecular complexity index is 2160. The minimum atomic E-state index is 0.507. The molecule has 0 atom stereocenters. The predicted octanol–water partition coefficient (Wildman–Crippen LogP) is 10.7. The quantitative estimate of drug-likeness (QED) is 0.200. The average molecular weight is 551 g/mol. The van der Waals surface area contributed by atoms with E-state index in [1.165, 1.54) is 49.4 Å². The van der Waals surface area contributed by atoms with Gasteiger partial charge in [-0.25, -0.2) is 0 Å². The van der Waals surface area contributed by atoms with Crippen molar-refractivity contribution in [2.45, 2.75) is 0 Å². The molecule has 0 aliphatic heterocycles. The molecule has 3 heteroatoms. The first kappa shape index (κ1) is 25.0. The van der Waals surface area contributed by atoms with Gasteiger partial charge in [-0.1, -0.05) is 133 Å². The van der Waals surface area contributed by atoms with E-state index in [2.05, 4.69) is 138 Å². The van der Waals surface area contributed by atoms with Crippen molar-refractivity contribution in [1.82, 2.24) is 10.2 Å². The molecule has 8 rings (SSSR count). The van der Waals surface area contributed by atoms with Crippen LogP contribution in [0.4, 0.5) is 0 Å². The third kappa shape index (κ3) is 4.39. The van der Waals surface area contributed by atoms with Crippen LogP contribution in [0.3, 0.4) is 0 Å². The first-order chi connectivity index (χ1) is 21.3. The summed E-state index contributed by atoms with van der Waals surface area (Å²) >= 11 is 0. The van der Waals surface area contributed by atoms with Gasteiger partial charge in [0.1, 0.15) is 0 Å². The van der Waals surface area contributed by atoms with Crippen LogP contribution in [0.15, 0.2) is 162 Å². The highest BCUT2D eigenvalue weighted by molar-refractivity contribution is 6.22. The molecule has 0 saturated carbocycles. The molecule has 0 saturated heterocycles. The van der Waals surface area contributed by atoms with Crippen molar-refractivity contribution in [2.75, 3.05) is 0 Å². The molecule has 0 N–H and O–H groups in total. The molecule has 0 spiro atoms. The van der Waals surface area contributed by atoms with Gasteiger partial charge in [-0.2, -0.15) is 0 Å². The first-order valence-electron chi connectivity index (χ1n) is 14.4. The maximum Gasteiger partial charge on any atom is 0.248 e. The fourth-order valence-electron chi connectivity index (χ4n) is 6.12. The Morgan fingerprint density at radius 2 is 0.698 bits per heavy atom. The van der Waals surface area contributed by atoms with Gasteiger partial charge in [-0.3, -0.25) is 0 Å². The van der Waals surface area contributed by atoms with E-state index < -0.39 is 0 Å². The fraction of sp³-hybridized carbons (Fsp3) is 0. The molecule has 0 aliphatic rings. The molecule has 0 amide bonds. The molecule has 1 aromatic heterocycles. The zero-order chi connectivity index (χ0) is 28.6. The van der Waals surface area contributed by atoms with Gasteiger partial charge in [0.2, 0.25) is 11.8 Å². The fourth-order valence-corrected chi connectivity index (χ4v) is 6.12. The number of hydrogen-bond donors (Lipinski definition) is 0. The summed E-state index contributed by atoms with van der Waals surface area (Å²) in [6.07, 6.45) is 0. The predicted molar refractivity (Wildman–Crippen MR) is 176 cm³/mol. The molecule has 8 aromatic rings. The Kier molecular flexibility index (Phi) is 6.12. The Hall–Kier alpha value is -5.80. The average Bonchev–Trinajstić information content (AvgIpc) is 3.59. The van der Waals surface area contributed by atoms with E-state index in [0.717, 1.165) is 16.7 Å². The van der Waals surface area contributed by atoms with Gasteiger partial charge in [0, 0.05) is 11.1 Å². The van der Waals surface area contributed by atoms with E-state index in [1.807, 2.05) is 30.3 Å². The van der Waals surface area contributed by atoms with Gasteiger partial charge in [0.15, 0.2) is 0 Å². The second-order valence-electron chi connectivity index (χ2n) is 10.6. The molecular weight excluding hydrogens is 524 g/mol. The maximum atomic E-state index is 6.03. The van der Waals surface area contributed by atoms with E-state index in [-0.39, 0.29) is 0 Å². The summed E-state index contributed by atoms with van der Waals surface area (Å²) in [5.41, 5.74) is 9.08. The summed E-state index contributed by atoms with van der Waals surface area (Å²) < 4.78 is 6.03. The van der Waals surface area contributed by atoms with E-state index in [9.17, 15) is 0 Å². The summed E-state index contributed by atoms with van der Waals surface area (Å²) in [6, 6.07) is 55.2. The number of aromatic nitrogens is 2. The summed E-state index contributed by atoms with van der Waals surface area (Å²) in [7, 11) is 0. The van der Waals surface area contributed by atoms with Crippen LogP contribution in [0.1, 0.15) is 0 Å². The summed E-state index contributed by atoms with van der Waals surface area (Å²) in [5.74, 6) is 1.02. The lowest BCUT2D eigenvalue weighted by molar-refractivity contribution is 0.584. The molecule has 0 radical (unpaired) electrons. The van der Waals surface area contributed by atoms with E-state index in [4.69, 9.17) is 4.42 Å². The number of nitrogens with zero attached hydrogens (tertiary/aromatic N) is 2. The Labute approximate surface area is 249 Å². The van der Waals surface area contributed by atoms with Crippen LogP contribution in [0, 0.1) is 0 Å². The number of hydrogen-bond acceptors (Lipinski definition) is 3. The van der Waals surface area contributed by atoms with Gasteiger partial charge in [0.05, 0.1) is 0 Å². The minimum Gasteiger partial charge on any atom is -0.416 e. The minimum absolute atomic E-state index is 0.507. The number of rotatable bonds is 5. The largest absolute Gasteiger partial charge is 0.416 e. The molecule has 7 aromatic carbocycles. The molecule has 43 heavy (non-hydrogen) atoms. The first-order valence-corrected chi connectivity index (χ1v) is 14.4. The Balaban J connectivity index is 1.30. The molecule has 0 aliphatic carbocycles. The molecule has 0 unspecified atom stereocenters. The second-order valence-corrected chi connectivity index (χ2v) is 10.6. The zero-order valence-electron chi connectivity index (χ0n) is 23.3. The highest BCUT2D eigenvalue weighted by Crippen LogP contribution is 2.46. The van der Waals surface area contributed by atoms with Crippen LogP contribution in [0.5, 0.6) is 0 Å². The van der Waals surface area contributed by atoms with Crippen molar-refractivity contribution in [3.05, 3.63) is 158 Å². The third-order valence-electron chi connectivity index (χ3n) is 8.08. The van der Waals surface area contributed by atoms with Crippen LogP contribution < -0.4 is 0 Å². The highest BCUT2D eigenvalue weighted by Gasteiger charge is 2.19. The lowest BCUT2D eigenvalue weighted by Crippen LogP contribution is -1.92. The SMILES string of the molecule is c1ccc(-c2nnc(-c3ccc(-c4c5ccccc5c(-c5ccccc5-c5ccccc5)c5ccccc45)cc3)o2)cc1. The van der Waals surface area contributed by atoms with Gasteiger partial charge < -0.3 is 4.42 Å². The van der Waals surface area contributed by atoms with Gasteiger partial charge in [0.25, 0.3) is 0 Å². The lowest BCUT2D eigenvalue weighted by Gasteiger charge is -2.19. The van der Waals surface area contributed by atoms with Crippen LogP contribution in [-0.2, 0) is 0 Å². The topological polar surface area (TPSA) is 38.9 Å². The summed E-state index contributed by atoms with van der Waals surface area (Å²) in [5, 5.41) is 13.5. The highest BCUT2D eigenvalue weighted by atomic mass is 16.4. The second kappa shape index (κ2) is 10.6. The lowest BCUT2D eigenvalue weighted by atomic mass is 9.84. The maximum absolute atomic E-state index is 6.03. The van der Waals surface area contributed by atoms with Crippen LogP contribution >= 0.6 is 0 Å². The molecule has 0 bridgehead atoms. The van der Waals surface area contributed by atoms with Crippen molar-refractivity contribution in [1.29, 1.82) is 0 Å². The Morgan fingerprint density at radius 1 is 0.302 bits per heavy atom. The Morgan fingerprint density at radius 3 is 1.26 bits per heavy atom.